The molecule has 1 atom stereocenters. The number of anilines is 1. The van der Waals surface area contributed by atoms with Gasteiger partial charge in [-0.3, -0.25) is 9.93 Å². The van der Waals surface area contributed by atoms with Gasteiger partial charge in [-0.1, -0.05) is 52.7 Å². The quantitative estimate of drug-likeness (QED) is 0.137. The minimum absolute atomic E-state index is 0.0282. The van der Waals surface area contributed by atoms with Gasteiger partial charge in [-0.05, 0) is 56.4 Å². The predicted molar refractivity (Wildman–Crippen MR) is 166 cm³/mol. The second-order valence-corrected chi connectivity index (χ2v) is 13.1. The first-order chi connectivity index (χ1) is 19.8. The van der Waals surface area contributed by atoms with E-state index in [9.17, 15) is 9.18 Å². The molecular formula is C29H30Cl2FN5O2S2. The topological polar surface area (TPSA) is 97.3 Å². The second-order valence-electron chi connectivity index (χ2n) is 11.2. The summed E-state index contributed by atoms with van der Waals surface area (Å²) in [5, 5.41) is 14.1. The van der Waals surface area contributed by atoms with Crippen molar-refractivity contribution in [1.29, 1.82) is 0 Å². The van der Waals surface area contributed by atoms with Crippen molar-refractivity contribution < 1.29 is 13.7 Å². The van der Waals surface area contributed by atoms with Crippen molar-refractivity contribution in [3.05, 3.63) is 63.1 Å². The number of thiol groups is 1. The Balaban J connectivity index is 0.00000148. The highest BCUT2D eigenvalue weighted by molar-refractivity contribution is 7.77. The monoisotopic (exact) mass is 633 g/mol. The van der Waals surface area contributed by atoms with Crippen LogP contribution in [0.5, 0.6) is 0 Å². The number of benzene rings is 2. The number of nitrogens with zero attached hydrogens (tertiary/aromatic N) is 3. The Hall–Kier alpha value is -2.21. The molecule has 7 nitrogen and oxygen atoms in total. The van der Waals surface area contributed by atoms with Crippen molar-refractivity contribution in [2.24, 2.45) is 10.6 Å². The second kappa shape index (κ2) is 11.5. The number of hydrogen-bond acceptors (Lipinski definition) is 9. The Kier molecular flexibility index (Phi) is 8.08. The maximum absolute atomic E-state index is 14.9. The first kappa shape index (κ1) is 28.9. The fourth-order valence-electron chi connectivity index (χ4n) is 5.43. The van der Waals surface area contributed by atoms with Gasteiger partial charge < -0.3 is 14.7 Å². The summed E-state index contributed by atoms with van der Waals surface area (Å²) in [5.41, 5.74) is 2.86. The molecule has 4 aromatic rings. The highest BCUT2D eigenvalue weighted by atomic mass is 35.5. The first-order valence-electron chi connectivity index (χ1n) is 13.6. The number of aromatic nitrogens is 2. The Morgan fingerprint density at radius 1 is 1.24 bits per heavy atom. The van der Waals surface area contributed by atoms with Crippen LogP contribution in [0.15, 0.2) is 34.9 Å². The zero-order valence-corrected chi connectivity index (χ0v) is 25.6. The van der Waals surface area contributed by atoms with E-state index in [1.807, 2.05) is 31.2 Å². The average molecular weight is 635 g/mol. The molecule has 0 bridgehead atoms. The van der Waals surface area contributed by atoms with Crippen molar-refractivity contribution in [2.45, 2.75) is 57.5 Å². The number of thiazole rings is 1. The van der Waals surface area contributed by atoms with Gasteiger partial charge in [0.1, 0.15) is 17.0 Å². The lowest BCUT2D eigenvalue weighted by atomic mass is 9.97. The lowest BCUT2D eigenvalue weighted by Gasteiger charge is -2.16. The van der Waals surface area contributed by atoms with Crippen LogP contribution in [-0.4, -0.2) is 35.1 Å². The number of carbonyl (C=O) groups excluding carboxylic acids is 1. The van der Waals surface area contributed by atoms with E-state index in [4.69, 9.17) is 27.7 Å². The molecule has 3 N–H and O–H groups in total. The van der Waals surface area contributed by atoms with Crippen LogP contribution in [0.2, 0.25) is 10.0 Å². The average Bonchev–Trinajstić information content (AvgIpc) is 3.78. The minimum atomic E-state index is -0.428. The number of Topliss-reactive ketones (excluding diaryl/α,β-unsaturated/α-hetero) is 1. The molecule has 3 aliphatic rings. The normalized spacial score (nSPS) is 19.4. The van der Waals surface area contributed by atoms with Crippen LogP contribution >= 0.6 is 47.4 Å². The van der Waals surface area contributed by atoms with E-state index in [1.54, 1.807) is 0 Å². The van der Waals surface area contributed by atoms with E-state index < -0.39 is 5.82 Å². The standard InChI is InChI=1S/C29H27Cl2FN4O2S.H3NS/c1-29(8-9-29)27(37)16-11-21(32)25-22(12-16)39-28(34-25)36-10-7-17(14-36)33-13-18-24(35-38-26(18)15-5-6-15)23-19(30)3-2-4-20(23)31;1-2/h2-4,11-12,15,17,33H,5-10,13-14H2,1H3;2H,1H2. The van der Waals surface area contributed by atoms with Crippen molar-refractivity contribution >= 4 is 68.5 Å². The summed E-state index contributed by atoms with van der Waals surface area (Å²) in [6.45, 7) is 4.10. The smallest absolute Gasteiger partial charge is 0.186 e. The number of ketones is 1. The summed E-state index contributed by atoms with van der Waals surface area (Å²) >= 11 is 17.5. The number of fused-ring (bicyclic) bond motifs is 1. The number of rotatable bonds is 8. The van der Waals surface area contributed by atoms with Crippen LogP contribution in [0, 0.1) is 11.2 Å². The van der Waals surface area contributed by atoms with Gasteiger partial charge in [0.05, 0.1) is 14.7 Å². The minimum Gasteiger partial charge on any atom is -0.360 e. The molecule has 3 fully saturated rings. The molecule has 1 saturated heterocycles. The highest BCUT2D eigenvalue weighted by Gasteiger charge is 2.45. The van der Waals surface area contributed by atoms with Crippen molar-refractivity contribution in [2.75, 3.05) is 18.0 Å². The maximum atomic E-state index is 14.9. The van der Waals surface area contributed by atoms with Crippen molar-refractivity contribution in [1.82, 2.24) is 15.5 Å². The highest BCUT2D eigenvalue weighted by Crippen LogP contribution is 2.48. The maximum Gasteiger partial charge on any atom is 0.186 e. The van der Waals surface area contributed by atoms with Crippen molar-refractivity contribution in [3.8, 4) is 11.3 Å². The van der Waals surface area contributed by atoms with Gasteiger partial charge in [0.2, 0.25) is 0 Å². The van der Waals surface area contributed by atoms with Crippen LogP contribution in [0.1, 0.15) is 66.6 Å². The lowest BCUT2D eigenvalue weighted by molar-refractivity contribution is 0.0912. The number of halogens is 3. The molecule has 1 unspecified atom stereocenters. The summed E-state index contributed by atoms with van der Waals surface area (Å²) in [6, 6.07) is 8.82. The van der Waals surface area contributed by atoms with Crippen molar-refractivity contribution in [3.63, 3.8) is 0 Å². The fraction of sp³-hybridized carbons (Fsp3) is 0.414. The van der Waals surface area contributed by atoms with Gasteiger partial charge >= 0.3 is 0 Å². The zero-order valence-electron chi connectivity index (χ0n) is 22.4. The van der Waals surface area contributed by atoms with Crippen LogP contribution in [0.3, 0.4) is 0 Å². The molecule has 216 valence electrons. The third-order valence-electron chi connectivity index (χ3n) is 8.24. The summed E-state index contributed by atoms with van der Waals surface area (Å²) in [7, 11) is 0. The molecule has 0 radical (unpaired) electrons. The molecule has 7 rings (SSSR count). The van der Waals surface area contributed by atoms with Gasteiger partial charge in [0.15, 0.2) is 16.7 Å². The molecule has 41 heavy (non-hydrogen) atoms. The molecule has 2 aromatic carbocycles. The molecule has 3 heterocycles. The SMILES string of the molecule is CC1(C(=O)c2cc(F)c3nc(N4CCC(NCc5c(-c6c(Cl)cccc6Cl)noc5C5CC5)C4)sc3c2)CC1.NS. The van der Waals surface area contributed by atoms with Crippen LogP contribution in [-0.2, 0) is 6.54 Å². The number of nitrogens with one attached hydrogen (secondary N) is 1. The molecule has 2 saturated carbocycles. The molecule has 1 aliphatic heterocycles. The fourth-order valence-corrected chi connectivity index (χ4v) is 7.06. The van der Waals surface area contributed by atoms with Gasteiger partial charge in [-0.2, -0.15) is 0 Å². The molecule has 12 heteroatoms. The van der Waals surface area contributed by atoms with Gasteiger partial charge in [-0.15, -0.1) is 12.8 Å². The summed E-state index contributed by atoms with van der Waals surface area (Å²) < 4.78 is 21.5. The Bertz CT molecular complexity index is 1600. The summed E-state index contributed by atoms with van der Waals surface area (Å²) in [6.07, 6.45) is 4.84. The first-order valence-corrected chi connectivity index (χ1v) is 15.7. The van der Waals surface area contributed by atoms with Gasteiger partial charge in [-0.25, -0.2) is 9.37 Å². The Labute approximate surface area is 257 Å². The van der Waals surface area contributed by atoms with Crippen LogP contribution in [0.4, 0.5) is 9.52 Å². The molecular weight excluding hydrogens is 604 g/mol. The predicted octanol–water partition coefficient (Wildman–Crippen LogP) is 7.42. The largest absolute Gasteiger partial charge is 0.360 e. The number of nitrogens with two attached hydrogens (primary N) is 1. The zero-order chi connectivity index (χ0) is 28.9. The molecule has 2 aliphatic carbocycles. The van der Waals surface area contributed by atoms with E-state index in [-0.39, 0.29) is 17.2 Å². The number of hydrogen-bond donors (Lipinski definition) is 3. The Morgan fingerprint density at radius 3 is 2.66 bits per heavy atom. The summed E-state index contributed by atoms with van der Waals surface area (Å²) in [4.78, 5) is 19.6. The number of carbonyl (C=O) groups is 1. The third-order valence-corrected chi connectivity index (χ3v) is 9.93. The molecule has 0 spiro atoms. The molecule has 0 amide bonds. The van der Waals surface area contributed by atoms with E-state index in [1.165, 1.54) is 17.4 Å². The van der Waals surface area contributed by atoms with Crippen LogP contribution < -0.4 is 15.4 Å². The van der Waals surface area contributed by atoms with E-state index in [0.717, 1.165) is 61.6 Å². The lowest BCUT2D eigenvalue weighted by Crippen LogP contribution is -2.32. The van der Waals surface area contributed by atoms with E-state index in [2.05, 4.69) is 38.3 Å². The van der Waals surface area contributed by atoms with Crippen LogP contribution in [0.25, 0.3) is 21.5 Å². The Morgan fingerprint density at radius 2 is 1.98 bits per heavy atom. The van der Waals surface area contributed by atoms with E-state index >= 15 is 0 Å². The third kappa shape index (κ3) is 5.62. The molecule has 2 aromatic heterocycles. The van der Waals surface area contributed by atoms with E-state index in [0.29, 0.717) is 49.5 Å². The van der Waals surface area contributed by atoms with Gasteiger partial charge in [0, 0.05) is 53.7 Å². The summed E-state index contributed by atoms with van der Waals surface area (Å²) in [5.74, 6) is 0.902. The van der Waals surface area contributed by atoms with Gasteiger partial charge in [0.25, 0.3) is 0 Å².